The van der Waals surface area contributed by atoms with Crippen LogP contribution in [0.3, 0.4) is 0 Å². The Bertz CT molecular complexity index is 522. The maximum Gasteiger partial charge on any atom is 0.410 e. The number of hydrogen-bond acceptors (Lipinski definition) is 3. The topological polar surface area (TPSA) is 66.8 Å². The molecule has 1 fully saturated rings. The van der Waals surface area contributed by atoms with Crippen molar-refractivity contribution in [1.82, 2.24) is 4.90 Å². The summed E-state index contributed by atoms with van der Waals surface area (Å²) in [5.74, 6) is -1.24. The molecule has 0 aliphatic carbocycles. The Morgan fingerprint density at radius 1 is 1.43 bits per heavy atom. The number of piperidine rings is 1. The molecule has 0 bridgehead atoms. The first-order chi connectivity index (χ1) is 9.93. The lowest BCUT2D eigenvalue weighted by atomic mass is 9.80. The van der Waals surface area contributed by atoms with Crippen LogP contribution in [-0.2, 0) is 16.1 Å². The van der Waals surface area contributed by atoms with E-state index >= 15 is 0 Å². The zero-order valence-corrected chi connectivity index (χ0v) is 11.8. The van der Waals surface area contributed by atoms with Gasteiger partial charge < -0.3 is 14.7 Å². The number of nitrogens with zero attached hydrogens (tertiary/aromatic N) is 1. The third kappa shape index (κ3) is 3.32. The lowest BCUT2D eigenvalue weighted by Crippen LogP contribution is -2.54. The average Bonchev–Trinajstić information content (AvgIpc) is 2.48. The number of hydrogen-bond donors (Lipinski definition) is 1. The van der Waals surface area contributed by atoms with Gasteiger partial charge in [-0.15, -0.1) is 0 Å². The van der Waals surface area contributed by atoms with Crippen LogP contribution >= 0.6 is 0 Å². The van der Waals surface area contributed by atoms with Crippen LogP contribution in [0.25, 0.3) is 0 Å². The highest BCUT2D eigenvalue weighted by Gasteiger charge is 2.47. The fourth-order valence-electron chi connectivity index (χ4n) is 2.33. The number of carboxylic acid groups (broad SMARTS) is 1. The Kier molecular flexibility index (Phi) is 4.45. The lowest BCUT2D eigenvalue weighted by molar-refractivity contribution is -0.155. The zero-order chi connectivity index (χ0) is 15.5. The second-order valence-corrected chi connectivity index (χ2v) is 5.44. The van der Waals surface area contributed by atoms with Crippen LogP contribution in [0.15, 0.2) is 30.3 Å². The van der Waals surface area contributed by atoms with Crippen molar-refractivity contribution in [3.05, 3.63) is 35.9 Å². The highest BCUT2D eigenvalue weighted by molar-refractivity contribution is 5.77. The normalized spacial score (nSPS) is 25.4. The highest BCUT2D eigenvalue weighted by Crippen LogP contribution is 2.33. The fourth-order valence-corrected chi connectivity index (χ4v) is 2.33. The molecule has 0 radical (unpaired) electrons. The summed E-state index contributed by atoms with van der Waals surface area (Å²) in [6.45, 7) is 1.41. The first-order valence-electron chi connectivity index (χ1n) is 6.76. The van der Waals surface area contributed by atoms with E-state index < -0.39 is 23.6 Å². The minimum atomic E-state index is -1.58. The fraction of sp³-hybridized carbons (Fsp3) is 0.467. The van der Waals surface area contributed by atoms with Crippen molar-refractivity contribution in [2.75, 3.05) is 13.1 Å². The van der Waals surface area contributed by atoms with Crippen LogP contribution in [0.2, 0.25) is 0 Å². The van der Waals surface area contributed by atoms with Gasteiger partial charge in [-0.2, -0.15) is 0 Å². The number of rotatable bonds is 3. The van der Waals surface area contributed by atoms with Crippen molar-refractivity contribution in [3.8, 4) is 0 Å². The summed E-state index contributed by atoms with van der Waals surface area (Å²) in [7, 11) is 0. The molecule has 6 heteroatoms. The number of carbonyl (C=O) groups is 2. The van der Waals surface area contributed by atoms with E-state index in [9.17, 15) is 14.0 Å². The van der Waals surface area contributed by atoms with Crippen LogP contribution in [-0.4, -0.2) is 41.3 Å². The van der Waals surface area contributed by atoms with Gasteiger partial charge >= 0.3 is 12.1 Å². The van der Waals surface area contributed by atoms with Gasteiger partial charge in [-0.05, 0) is 18.9 Å². The van der Waals surface area contributed by atoms with Gasteiger partial charge in [0.2, 0.25) is 0 Å². The summed E-state index contributed by atoms with van der Waals surface area (Å²) in [6, 6.07) is 9.17. The van der Waals surface area contributed by atoms with E-state index in [1.165, 1.54) is 11.8 Å². The van der Waals surface area contributed by atoms with E-state index in [1.54, 1.807) is 0 Å². The quantitative estimate of drug-likeness (QED) is 0.930. The van der Waals surface area contributed by atoms with Gasteiger partial charge in [-0.1, -0.05) is 30.3 Å². The van der Waals surface area contributed by atoms with Gasteiger partial charge in [-0.25, -0.2) is 9.18 Å². The van der Waals surface area contributed by atoms with Crippen molar-refractivity contribution in [1.29, 1.82) is 0 Å². The van der Waals surface area contributed by atoms with Gasteiger partial charge in [0, 0.05) is 13.1 Å². The van der Waals surface area contributed by atoms with Crippen molar-refractivity contribution < 1.29 is 23.8 Å². The molecule has 2 rings (SSSR count). The third-order valence-corrected chi connectivity index (χ3v) is 3.82. The Morgan fingerprint density at radius 2 is 2.10 bits per heavy atom. The zero-order valence-electron chi connectivity index (χ0n) is 11.8. The van der Waals surface area contributed by atoms with E-state index in [1.807, 2.05) is 30.3 Å². The van der Waals surface area contributed by atoms with Crippen molar-refractivity contribution in [3.63, 3.8) is 0 Å². The first-order valence-corrected chi connectivity index (χ1v) is 6.76. The second-order valence-electron chi connectivity index (χ2n) is 5.44. The van der Waals surface area contributed by atoms with E-state index in [0.29, 0.717) is 0 Å². The maximum absolute atomic E-state index is 13.8. The third-order valence-electron chi connectivity index (χ3n) is 3.82. The molecule has 1 N–H and O–H groups in total. The van der Waals surface area contributed by atoms with Gasteiger partial charge in [-0.3, -0.25) is 4.79 Å². The highest BCUT2D eigenvalue weighted by atomic mass is 19.1. The molecule has 1 aromatic carbocycles. The molecule has 21 heavy (non-hydrogen) atoms. The molecule has 1 heterocycles. The molecule has 2 atom stereocenters. The Labute approximate surface area is 122 Å². The molecule has 0 saturated carbocycles. The number of carboxylic acids is 1. The molecular formula is C15H18FNO4. The molecule has 5 nitrogen and oxygen atoms in total. The largest absolute Gasteiger partial charge is 0.481 e. The molecule has 1 amide bonds. The van der Waals surface area contributed by atoms with Gasteiger partial charge in [0.05, 0.1) is 0 Å². The van der Waals surface area contributed by atoms with E-state index in [4.69, 9.17) is 9.84 Å². The summed E-state index contributed by atoms with van der Waals surface area (Å²) >= 11 is 0. The van der Waals surface area contributed by atoms with E-state index in [0.717, 1.165) is 5.56 Å². The number of carbonyl (C=O) groups excluding carboxylic acids is 1. The van der Waals surface area contributed by atoms with Crippen LogP contribution < -0.4 is 0 Å². The molecule has 0 aromatic heterocycles. The number of aliphatic carboxylic acids is 1. The van der Waals surface area contributed by atoms with E-state index in [-0.39, 0.29) is 26.1 Å². The molecule has 1 aromatic rings. The summed E-state index contributed by atoms with van der Waals surface area (Å²) in [6.07, 6.45) is -2.07. The molecule has 1 saturated heterocycles. The Hall–Kier alpha value is -2.11. The van der Waals surface area contributed by atoms with Crippen molar-refractivity contribution >= 4 is 12.1 Å². The summed E-state index contributed by atoms with van der Waals surface area (Å²) in [5, 5.41) is 9.16. The summed E-state index contributed by atoms with van der Waals surface area (Å²) < 4.78 is 19.0. The maximum atomic E-state index is 13.8. The van der Waals surface area contributed by atoms with Crippen molar-refractivity contribution in [2.45, 2.75) is 26.1 Å². The van der Waals surface area contributed by atoms with Gasteiger partial charge in [0.15, 0.2) is 0 Å². The molecule has 114 valence electrons. The SMILES string of the molecule is C[C@@]1(C(=O)O)CN(C(=O)OCc2ccccc2)CC[C@@H]1F. The summed E-state index contributed by atoms with van der Waals surface area (Å²) in [4.78, 5) is 24.4. The standard InChI is InChI=1S/C15H18FNO4/c1-15(13(18)19)10-17(8-7-12(15)16)14(20)21-9-11-5-3-2-4-6-11/h2-6,12H,7-10H2,1H3,(H,18,19)/t12-,15+/m0/s1. The molecule has 1 aliphatic rings. The predicted octanol–water partition coefficient (Wildman–Crippen LogP) is 2.46. The van der Waals surface area contributed by atoms with Gasteiger partial charge in [0.1, 0.15) is 18.2 Å². The average molecular weight is 295 g/mol. The minimum absolute atomic E-state index is 0.00321. The molecule has 0 unspecified atom stereocenters. The monoisotopic (exact) mass is 295 g/mol. The second kappa shape index (κ2) is 6.11. The Balaban J connectivity index is 1.95. The smallest absolute Gasteiger partial charge is 0.410 e. The number of ether oxygens (including phenoxy) is 1. The number of benzene rings is 1. The first kappa shape index (κ1) is 15.3. The summed E-state index contributed by atoms with van der Waals surface area (Å²) in [5.41, 5.74) is -0.739. The van der Waals surface area contributed by atoms with Gasteiger partial charge in [0.25, 0.3) is 0 Å². The number of alkyl halides is 1. The molecule has 0 spiro atoms. The van der Waals surface area contributed by atoms with Crippen LogP contribution in [0.4, 0.5) is 9.18 Å². The number of amides is 1. The van der Waals surface area contributed by atoms with Crippen LogP contribution in [0, 0.1) is 5.41 Å². The number of halogens is 1. The minimum Gasteiger partial charge on any atom is -0.481 e. The molecule has 1 aliphatic heterocycles. The predicted molar refractivity (Wildman–Crippen MR) is 73.5 cm³/mol. The number of likely N-dealkylation sites (tertiary alicyclic amines) is 1. The van der Waals surface area contributed by atoms with Crippen LogP contribution in [0.5, 0.6) is 0 Å². The Morgan fingerprint density at radius 3 is 2.71 bits per heavy atom. The lowest BCUT2D eigenvalue weighted by Gasteiger charge is -2.39. The van der Waals surface area contributed by atoms with E-state index in [2.05, 4.69) is 0 Å². The van der Waals surface area contributed by atoms with Crippen molar-refractivity contribution in [2.24, 2.45) is 5.41 Å². The molecular weight excluding hydrogens is 277 g/mol. The van der Waals surface area contributed by atoms with Crippen LogP contribution in [0.1, 0.15) is 18.9 Å².